The zero-order valence-corrected chi connectivity index (χ0v) is 10.5. The average Bonchev–Trinajstić information content (AvgIpc) is 2.85. The fourth-order valence-electron chi connectivity index (χ4n) is 2.34. The van der Waals surface area contributed by atoms with Crippen LogP contribution in [0.15, 0.2) is 48.9 Å². The van der Waals surface area contributed by atoms with E-state index in [0.717, 1.165) is 33.2 Å². The van der Waals surface area contributed by atoms with E-state index in [-0.39, 0.29) is 0 Å². The van der Waals surface area contributed by atoms with E-state index in [2.05, 4.69) is 26.0 Å². The number of rotatable bonds is 1. The van der Waals surface area contributed by atoms with Gasteiger partial charge in [0.15, 0.2) is 0 Å². The maximum absolute atomic E-state index is 5.60. The SMILES string of the molecule is Nc1ccc(-c2ccc3c(n2)[nH]c2ccncc23)cn1. The number of nitrogen functional groups attached to an aromatic ring is 1. The number of H-pyrrole nitrogens is 1. The molecule has 0 saturated carbocycles. The predicted molar refractivity (Wildman–Crippen MR) is 79.0 cm³/mol. The summed E-state index contributed by atoms with van der Waals surface area (Å²) in [5.74, 6) is 0.506. The molecule has 0 bridgehead atoms. The average molecular weight is 261 g/mol. The number of pyridine rings is 3. The summed E-state index contributed by atoms with van der Waals surface area (Å²) in [4.78, 5) is 16.2. The van der Waals surface area contributed by atoms with Crippen LogP contribution in [-0.4, -0.2) is 19.9 Å². The molecule has 0 aliphatic rings. The molecule has 0 fully saturated rings. The van der Waals surface area contributed by atoms with Crippen LogP contribution in [0.5, 0.6) is 0 Å². The molecule has 0 aromatic carbocycles. The maximum Gasteiger partial charge on any atom is 0.139 e. The Kier molecular flexibility index (Phi) is 2.20. The van der Waals surface area contributed by atoms with Gasteiger partial charge in [0.05, 0.1) is 11.2 Å². The van der Waals surface area contributed by atoms with Gasteiger partial charge in [-0.25, -0.2) is 9.97 Å². The van der Waals surface area contributed by atoms with Gasteiger partial charge in [-0.3, -0.25) is 4.98 Å². The quantitative estimate of drug-likeness (QED) is 0.552. The topological polar surface area (TPSA) is 80.5 Å². The summed E-state index contributed by atoms with van der Waals surface area (Å²) in [7, 11) is 0. The van der Waals surface area contributed by atoms with Gasteiger partial charge < -0.3 is 10.7 Å². The van der Waals surface area contributed by atoms with Crippen molar-refractivity contribution in [2.24, 2.45) is 0 Å². The summed E-state index contributed by atoms with van der Waals surface area (Å²) < 4.78 is 0. The highest BCUT2D eigenvalue weighted by Crippen LogP contribution is 2.26. The van der Waals surface area contributed by atoms with E-state index >= 15 is 0 Å². The Bertz CT molecular complexity index is 909. The van der Waals surface area contributed by atoms with Crippen molar-refractivity contribution in [3.8, 4) is 11.3 Å². The highest BCUT2D eigenvalue weighted by atomic mass is 14.9. The molecule has 0 unspecified atom stereocenters. The Balaban J connectivity index is 1.94. The van der Waals surface area contributed by atoms with Crippen molar-refractivity contribution in [2.45, 2.75) is 0 Å². The number of anilines is 1. The number of nitrogens with one attached hydrogen (secondary N) is 1. The Morgan fingerprint density at radius 1 is 0.950 bits per heavy atom. The largest absolute Gasteiger partial charge is 0.384 e. The van der Waals surface area contributed by atoms with Crippen molar-refractivity contribution in [3.05, 3.63) is 48.9 Å². The van der Waals surface area contributed by atoms with E-state index in [1.807, 2.05) is 24.4 Å². The first kappa shape index (κ1) is 10.9. The molecule has 4 rings (SSSR count). The first-order valence-corrected chi connectivity index (χ1v) is 6.25. The van der Waals surface area contributed by atoms with Gasteiger partial charge in [0.1, 0.15) is 11.5 Å². The van der Waals surface area contributed by atoms with Crippen LogP contribution in [0.3, 0.4) is 0 Å². The zero-order chi connectivity index (χ0) is 13.5. The van der Waals surface area contributed by atoms with Gasteiger partial charge in [0, 0.05) is 34.9 Å². The maximum atomic E-state index is 5.60. The molecular weight excluding hydrogens is 250 g/mol. The van der Waals surface area contributed by atoms with Crippen LogP contribution < -0.4 is 5.73 Å². The molecule has 3 N–H and O–H groups in total. The molecule has 0 radical (unpaired) electrons. The summed E-state index contributed by atoms with van der Waals surface area (Å²) in [6.07, 6.45) is 5.34. The third-order valence-corrected chi connectivity index (χ3v) is 3.34. The fraction of sp³-hybridized carbons (Fsp3) is 0. The molecule has 4 aromatic rings. The Morgan fingerprint density at radius 3 is 2.75 bits per heavy atom. The van der Waals surface area contributed by atoms with Crippen LogP contribution in [-0.2, 0) is 0 Å². The Hall–Kier alpha value is -2.95. The second kappa shape index (κ2) is 4.03. The Morgan fingerprint density at radius 2 is 1.90 bits per heavy atom. The summed E-state index contributed by atoms with van der Waals surface area (Å²) >= 11 is 0. The van der Waals surface area contributed by atoms with E-state index in [4.69, 9.17) is 5.73 Å². The predicted octanol–water partition coefficient (Wildman–Crippen LogP) is 2.76. The van der Waals surface area contributed by atoms with Gasteiger partial charge in [-0.15, -0.1) is 0 Å². The third-order valence-electron chi connectivity index (χ3n) is 3.34. The molecule has 4 aromatic heterocycles. The summed E-state index contributed by atoms with van der Waals surface area (Å²) in [6, 6.07) is 9.67. The van der Waals surface area contributed by atoms with Crippen LogP contribution in [0.4, 0.5) is 5.82 Å². The van der Waals surface area contributed by atoms with E-state index in [1.54, 1.807) is 18.5 Å². The monoisotopic (exact) mass is 261 g/mol. The minimum atomic E-state index is 0.506. The highest BCUT2D eigenvalue weighted by Gasteiger charge is 2.07. The number of nitrogens with two attached hydrogens (primary N) is 1. The standard InChI is InChI=1S/C15H11N5/c16-14-4-1-9(7-18-14)12-3-2-10-11-8-17-6-5-13(11)20-15(10)19-12/h1-8H,(H2,16,18)(H,19,20). The summed E-state index contributed by atoms with van der Waals surface area (Å²) in [6.45, 7) is 0. The normalized spacial score (nSPS) is 11.2. The lowest BCUT2D eigenvalue weighted by molar-refractivity contribution is 1.29. The summed E-state index contributed by atoms with van der Waals surface area (Å²) in [5.41, 5.74) is 9.30. The minimum Gasteiger partial charge on any atom is -0.384 e. The zero-order valence-electron chi connectivity index (χ0n) is 10.5. The third kappa shape index (κ3) is 1.60. The molecule has 0 saturated heterocycles. The van der Waals surface area contributed by atoms with E-state index in [1.165, 1.54) is 0 Å². The molecule has 20 heavy (non-hydrogen) atoms. The second-order valence-corrected chi connectivity index (χ2v) is 4.61. The van der Waals surface area contributed by atoms with Crippen LogP contribution in [0.25, 0.3) is 33.2 Å². The van der Waals surface area contributed by atoms with Gasteiger partial charge in [-0.05, 0) is 30.3 Å². The molecular formula is C15H11N5. The number of hydrogen-bond acceptors (Lipinski definition) is 4. The van der Waals surface area contributed by atoms with Gasteiger partial charge >= 0.3 is 0 Å². The van der Waals surface area contributed by atoms with Crippen molar-refractivity contribution in [3.63, 3.8) is 0 Å². The molecule has 96 valence electrons. The number of nitrogens with zero attached hydrogens (tertiary/aromatic N) is 3. The Labute approximate surface area is 114 Å². The van der Waals surface area contributed by atoms with Crippen molar-refractivity contribution in [1.29, 1.82) is 0 Å². The number of fused-ring (bicyclic) bond motifs is 3. The smallest absolute Gasteiger partial charge is 0.139 e. The molecule has 0 aliphatic carbocycles. The molecule has 4 heterocycles. The van der Waals surface area contributed by atoms with E-state index in [0.29, 0.717) is 5.82 Å². The van der Waals surface area contributed by atoms with Crippen LogP contribution in [0.2, 0.25) is 0 Å². The van der Waals surface area contributed by atoms with Gasteiger partial charge in [0.2, 0.25) is 0 Å². The number of aromatic nitrogens is 4. The van der Waals surface area contributed by atoms with Crippen molar-refractivity contribution >= 4 is 27.8 Å². The summed E-state index contributed by atoms with van der Waals surface area (Å²) in [5, 5.41) is 2.15. The van der Waals surface area contributed by atoms with Crippen LogP contribution >= 0.6 is 0 Å². The highest BCUT2D eigenvalue weighted by molar-refractivity contribution is 6.05. The van der Waals surface area contributed by atoms with E-state index in [9.17, 15) is 0 Å². The molecule has 0 atom stereocenters. The number of aromatic amines is 1. The first-order chi connectivity index (χ1) is 9.81. The molecule has 0 amide bonds. The lowest BCUT2D eigenvalue weighted by Crippen LogP contribution is -1.90. The second-order valence-electron chi connectivity index (χ2n) is 4.61. The minimum absolute atomic E-state index is 0.506. The molecule has 0 aliphatic heterocycles. The van der Waals surface area contributed by atoms with Gasteiger partial charge in [0.25, 0.3) is 0 Å². The lowest BCUT2D eigenvalue weighted by atomic mass is 10.1. The first-order valence-electron chi connectivity index (χ1n) is 6.25. The van der Waals surface area contributed by atoms with Crippen LogP contribution in [0.1, 0.15) is 0 Å². The van der Waals surface area contributed by atoms with Crippen molar-refractivity contribution in [1.82, 2.24) is 19.9 Å². The van der Waals surface area contributed by atoms with Crippen LogP contribution in [0, 0.1) is 0 Å². The molecule has 5 nitrogen and oxygen atoms in total. The lowest BCUT2D eigenvalue weighted by Gasteiger charge is -2.01. The van der Waals surface area contributed by atoms with Crippen molar-refractivity contribution in [2.75, 3.05) is 5.73 Å². The molecule has 5 heteroatoms. The van der Waals surface area contributed by atoms with Gasteiger partial charge in [-0.1, -0.05) is 0 Å². The fourth-order valence-corrected chi connectivity index (χ4v) is 2.34. The van der Waals surface area contributed by atoms with E-state index < -0.39 is 0 Å². The molecule has 0 spiro atoms. The van der Waals surface area contributed by atoms with Gasteiger partial charge in [-0.2, -0.15) is 0 Å². The number of hydrogen-bond donors (Lipinski definition) is 2. The van der Waals surface area contributed by atoms with Crippen molar-refractivity contribution < 1.29 is 0 Å².